The van der Waals surface area contributed by atoms with E-state index in [9.17, 15) is 14.7 Å². The largest absolute Gasteiger partial charge is 0.508 e. The van der Waals surface area contributed by atoms with E-state index < -0.39 is 11.6 Å². The number of ether oxygens (including phenoxy) is 1. The van der Waals surface area contributed by atoms with Crippen LogP contribution in [0.3, 0.4) is 0 Å². The predicted molar refractivity (Wildman–Crippen MR) is 134 cm³/mol. The molecule has 0 aliphatic carbocycles. The van der Waals surface area contributed by atoms with Crippen molar-refractivity contribution in [3.8, 4) is 11.5 Å². The molecule has 1 aromatic heterocycles. The third-order valence-electron chi connectivity index (χ3n) is 6.94. The summed E-state index contributed by atoms with van der Waals surface area (Å²) >= 11 is 0. The van der Waals surface area contributed by atoms with E-state index in [-0.39, 0.29) is 24.2 Å². The van der Waals surface area contributed by atoms with Crippen molar-refractivity contribution in [1.82, 2.24) is 20.1 Å². The van der Waals surface area contributed by atoms with Gasteiger partial charge in [-0.05, 0) is 55.3 Å². The predicted octanol–water partition coefficient (Wildman–Crippen LogP) is 3.72. The first-order chi connectivity index (χ1) is 16.9. The molecule has 0 saturated carbocycles. The highest BCUT2D eigenvalue weighted by molar-refractivity contribution is 6.08. The Morgan fingerprint density at radius 3 is 2.86 bits per heavy atom. The van der Waals surface area contributed by atoms with Crippen LogP contribution >= 0.6 is 0 Å². The zero-order chi connectivity index (χ0) is 24.7. The van der Waals surface area contributed by atoms with Gasteiger partial charge in [-0.1, -0.05) is 18.2 Å². The number of hydrogen-bond acceptors (Lipinski definition) is 5. The van der Waals surface area contributed by atoms with E-state index in [0.717, 1.165) is 33.5 Å². The van der Waals surface area contributed by atoms with Gasteiger partial charge in [-0.25, -0.2) is 4.79 Å². The molecule has 2 aromatic carbocycles. The van der Waals surface area contributed by atoms with Gasteiger partial charge in [0.1, 0.15) is 23.1 Å². The summed E-state index contributed by atoms with van der Waals surface area (Å²) in [5, 5.41) is 14.4. The number of nitrogens with one attached hydrogen (secondary N) is 2. The fourth-order valence-electron chi connectivity index (χ4n) is 5.38. The second-order valence-electron chi connectivity index (χ2n) is 9.21. The average Bonchev–Trinajstić information content (AvgIpc) is 3.28. The molecule has 0 spiro atoms. The van der Waals surface area contributed by atoms with Crippen molar-refractivity contribution in [3.05, 3.63) is 71.9 Å². The van der Waals surface area contributed by atoms with E-state index in [1.807, 2.05) is 38.1 Å². The zero-order valence-corrected chi connectivity index (χ0v) is 20.0. The first-order valence-corrected chi connectivity index (χ1v) is 11.9. The van der Waals surface area contributed by atoms with Crippen molar-refractivity contribution < 1.29 is 19.4 Å². The van der Waals surface area contributed by atoms with E-state index in [1.54, 1.807) is 29.2 Å². The van der Waals surface area contributed by atoms with Crippen LogP contribution in [0.15, 0.2) is 55.1 Å². The number of rotatable bonds is 8. The number of urea groups is 1. The summed E-state index contributed by atoms with van der Waals surface area (Å²) in [4.78, 5) is 34.0. The minimum absolute atomic E-state index is 0.106. The van der Waals surface area contributed by atoms with Crippen molar-refractivity contribution in [3.63, 3.8) is 0 Å². The molecule has 3 N–H and O–H groups in total. The van der Waals surface area contributed by atoms with E-state index in [4.69, 9.17) is 4.74 Å². The average molecular weight is 475 g/mol. The normalized spacial score (nSPS) is 21.4. The third kappa shape index (κ3) is 3.65. The molecule has 1 fully saturated rings. The number of carbonyl (C=O) groups excluding carboxylic acids is 2. The summed E-state index contributed by atoms with van der Waals surface area (Å²) in [6, 6.07) is 11.9. The smallest absolute Gasteiger partial charge is 0.328 e. The third-order valence-corrected chi connectivity index (χ3v) is 6.94. The maximum Gasteiger partial charge on any atom is 0.328 e. The van der Waals surface area contributed by atoms with E-state index in [1.165, 1.54) is 4.90 Å². The molecule has 2 atom stereocenters. The number of H-pyrrole nitrogens is 1. The Morgan fingerprint density at radius 1 is 1.29 bits per heavy atom. The van der Waals surface area contributed by atoms with Crippen molar-refractivity contribution in [2.75, 3.05) is 26.2 Å². The van der Waals surface area contributed by atoms with Crippen LogP contribution in [0.2, 0.25) is 0 Å². The second-order valence-corrected chi connectivity index (χ2v) is 9.21. The number of nitrogens with zero attached hydrogens (tertiary/aromatic N) is 2. The highest BCUT2D eigenvalue weighted by Gasteiger charge is 2.60. The number of hydrogen-bond donors (Lipinski definition) is 3. The van der Waals surface area contributed by atoms with Gasteiger partial charge in [-0.3, -0.25) is 14.6 Å². The Labute approximate surface area is 204 Å². The number of aromatic nitrogens is 1. The summed E-state index contributed by atoms with van der Waals surface area (Å²) in [5.41, 5.74) is 2.43. The van der Waals surface area contributed by atoms with Crippen LogP contribution in [0.25, 0.3) is 10.9 Å². The molecule has 0 bridgehead atoms. The summed E-state index contributed by atoms with van der Waals surface area (Å²) < 4.78 is 5.73. The standard InChI is InChI=1S/C27H30N4O4/c1-4-11-28-12-13-30-25(33)27(3)16-21-20-15-19(35-5-2)9-10-22(20)29-23(21)24(31(27)26(30)34)17-7-6-8-18(32)14-17/h4,6-10,14-15,24,28-29,32H,1,5,11-13,16H2,2-3H3/t24-,27+/m1/s1. The van der Waals surface area contributed by atoms with Crippen LogP contribution < -0.4 is 10.1 Å². The van der Waals surface area contributed by atoms with Crippen LogP contribution in [0.4, 0.5) is 4.79 Å². The maximum atomic E-state index is 13.7. The fourth-order valence-corrected chi connectivity index (χ4v) is 5.38. The van der Waals surface area contributed by atoms with Crippen LogP contribution in [0, 0.1) is 0 Å². The van der Waals surface area contributed by atoms with Gasteiger partial charge in [0.2, 0.25) is 0 Å². The Kier molecular flexibility index (Phi) is 5.76. The molecule has 35 heavy (non-hydrogen) atoms. The van der Waals surface area contributed by atoms with Crippen LogP contribution in [0.1, 0.15) is 36.7 Å². The number of phenolic OH excluding ortho intramolecular Hbond substituents is 1. The van der Waals surface area contributed by atoms with Crippen molar-refractivity contribution in [1.29, 1.82) is 0 Å². The van der Waals surface area contributed by atoms with Gasteiger partial charge < -0.3 is 20.1 Å². The number of imide groups is 1. The molecule has 182 valence electrons. The van der Waals surface area contributed by atoms with Crippen LogP contribution in [-0.2, 0) is 11.2 Å². The molecule has 2 aliphatic heterocycles. The van der Waals surface area contributed by atoms with Gasteiger partial charge in [-0.15, -0.1) is 6.58 Å². The summed E-state index contributed by atoms with van der Waals surface area (Å²) in [5.74, 6) is 0.649. The molecular formula is C27H30N4O4. The quantitative estimate of drug-likeness (QED) is 0.263. The van der Waals surface area contributed by atoms with E-state index in [2.05, 4.69) is 16.9 Å². The number of aromatic amines is 1. The molecule has 3 heterocycles. The molecule has 3 amide bonds. The zero-order valence-electron chi connectivity index (χ0n) is 20.0. The first-order valence-electron chi connectivity index (χ1n) is 11.9. The highest BCUT2D eigenvalue weighted by atomic mass is 16.5. The number of fused-ring (bicyclic) bond motifs is 4. The highest BCUT2D eigenvalue weighted by Crippen LogP contribution is 2.49. The molecule has 2 aliphatic rings. The molecule has 0 radical (unpaired) electrons. The Morgan fingerprint density at radius 2 is 2.11 bits per heavy atom. The topological polar surface area (TPSA) is 97.9 Å². The summed E-state index contributed by atoms with van der Waals surface area (Å²) in [7, 11) is 0. The molecule has 3 aromatic rings. The van der Waals surface area contributed by atoms with Crippen LogP contribution in [0.5, 0.6) is 11.5 Å². The van der Waals surface area contributed by atoms with Gasteiger partial charge in [0.25, 0.3) is 5.91 Å². The minimum atomic E-state index is -1.06. The number of amides is 3. The molecule has 0 unspecified atom stereocenters. The van der Waals surface area contributed by atoms with Crippen molar-refractivity contribution in [2.45, 2.75) is 31.8 Å². The van der Waals surface area contributed by atoms with Gasteiger partial charge in [0.15, 0.2) is 0 Å². The number of aromatic hydroxyl groups is 1. The van der Waals surface area contributed by atoms with Crippen molar-refractivity contribution >= 4 is 22.8 Å². The lowest BCUT2D eigenvalue weighted by Gasteiger charge is -2.42. The monoisotopic (exact) mass is 474 g/mol. The molecule has 5 rings (SSSR count). The minimum Gasteiger partial charge on any atom is -0.508 e. The first kappa shape index (κ1) is 23.0. The Hall–Kier alpha value is -3.78. The number of carbonyl (C=O) groups is 2. The SMILES string of the molecule is C=CCNCCN1C(=O)N2[C@H](c3cccc(O)c3)c3[nH]c4ccc(OCC)cc4c3C[C@@]2(C)C1=O. The van der Waals surface area contributed by atoms with E-state index in [0.29, 0.717) is 26.1 Å². The van der Waals surface area contributed by atoms with Crippen LogP contribution in [-0.4, -0.2) is 63.6 Å². The lowest BCUT2D eigenvalue weighted by atomic mass is 9.81. The fraction of sp³-hybridized carbons (Fsp3) is 0.333. The summed E-state index contributed by atoms with van der Waals surface area (Å²) in [6.07, 6.45) is 2.12. The van der Waals surface area contributed by atoms with Gasteiger partial charge in [0, 0.05) is 42.7 Å². The van der Waals surface area contributed by atoms with Crippen molar-refractivity contribution in [2.24, 2.45) is 0 Å². The van der Waals surface area contributed by atoms with Gasteiger partial charge >= 0.3 is 6.03 Å². The number of phenols is 1. The lowest BCUT2D eigenvalue weighted by molar-refractivity contribution is -0.133. The Balaban J connectivity index is 1.65. The van der Waals surface area contributed by atoms with E-state index >= 15 is 0 Å². The van der Waals surface area contributed by atoms with Gasteiger partial charge in [0.05, 0.1) is 6.61 Å². The Bertz CT molecular complexity index is 1320. The molecule has 8 nitrogen and oxygen atoms in total. The van der Waals surface area contributed by atoms with Gasteiger partial charge in [-0.2, -0.15) is 0 Å². The number of benzene rings is 2. The second kappa shape index (κ2) is 8.78. The summed E-state index contributed by atoms with van der Waals surface area (Å²) in [6.45, 7) is 9.38. The maximum absolute atomic E-state index is 13.7. The lowest BCUT2D eigenvalue weighted by Crippen LogP contribution is -2.53. The molecule has 8 heteroatoms. The molecule has 1 saturated heterocycles. The molecular weight excluding hydrogens is 444 g/mol.